The Balaban J connectivity index is 1.48. The third-order valence-electron chi connectivity index (χ3n) is 5.36. The van der Waals surface area contributed by atoms with Crippen LogP contribution in [0.4, 0.5) is 0 Å². The summed E-state index contributed by atoms with van der Waals surface area (Å²) in [5, 5.41) is 11.4. The van der Waals surface area contributed by atoms with E-state index in [0.717, 1.165) is 52.1 Å². The van der Waals surface area contributed by atoms with E-state index < -0.39 is 0 Å². The van der Waals surface area contributed by atoms with Crippen molar-refractivity contribution >= 4 is 16.9 Å². The van der Waals surface area contributed by atoms with E-state index in [-0.39, 0.29) is 11.9 Å². The second kappa shape index (κ2) is 7.68. The van der Waals surface area contributed by atoms with Crippen LogP contribution in [0.3, 0.4) is 0 Å². The maximum atomic E-state index is 12.3. The normalized spacial score (nSPS) is 16.1. The Morgan fingerprint density at radius 2 is 2.10 bits per heavy atom. The molecule has 0 aliphatic carbocycles. The van der Waals surface area contributed by atoms with Crippen molar-refractivity contribution in [3.05, 3.63) is 60.6 Å². The number of ether oxygens (including phenoxy) is 1. The molecule has 1 unspecified atom stereocenters. The standard InChI is InChI=1S/C23H21N5O2/c1-14-3-2-4-21(27-14)22-19(13-26-28-22)15-5-6-20-17(9-15)10-18(12-25-20)30-23(29)16-7-8-24-11-16/h2-6,9-10,12-13,16,24H,7-8,11H2,1H3,(H,26,28). The number of hydrogen-bond acceptors (Lipinski definition) is 6. The number of aromatic nitrogens is 4. The zero-order chi connectivity index (χ0) is 20.5. The molecule has 4 heterocycles. The highest BCUT2D eigenvalue weighted by Crippen LogP contribution is 2.31. The van der Waals surface area contributed by atoms with Crippen molar-refractivity contribution in [2.45, 2.75) is 13.3 Å². The lowest BCUT2D eigenvalue weighted by Gasteiger charge is -2.10. The lowest BCUT2D eigenvalue weighted by atomic mass is 10.0. The van der Waals surface area contributed by atoms with Crippen LogP contribution in [0.1, 0.15) is 12.1 Å². The first kappa shape index (κ1) is 18.4. The maximum Gasteiger partial charge on any atom is 0.315 e. The Morgan fingerprint density at radius 1 is 1.17 bits per heavy atom. The minimum atomic E-state index is -0.208. The largest absolute Gasteiger partial charge is 0.425 e. The van der Waals surface area contributed by atoms with Gasteiger partial charge >= 0.3 is 5.97 Å². The molecule has 150 valence electrons. The average molecular weight is 399 g/mol. The number of nitrogens with zero attached hydrogens (tertiary/aromatic N) is 3. The summed E-state index contributed by atoms with van der Waals surface area (Å²) in [4.78, 5) is 21.4. The number of esters is 1. The summed E-state index contributed by atoms with van der Waals surface area (Å²) in [7, 11) is 0. The number of carbonyl (C=O) groups excluding carboxylic acids is 1. The summed E-state index contributed by atoms with van der Waals surface area (Å²) in [5.74, 6) is 0.159. The molecule has 7 nitrogen and oxygen atoms in total. The van der Waals surface area contributed by atoms with Gasteiger partial charge in [0.2, 0.25) is 0 Å². The average Bonchev–Trinajstić information content (AvgIpc) is 3.45. The van der Waals surface area contributed by atoms with Gasteiger partial charge in [0.15, 0.2) is 0 Å². The SMILES string of the molecule is Cc1cccc(-c2[nH]ncc2-c2ccc3ncc(OC(=O)C4CCNC4)cc3c2)n1. The first-order chi connectivity index (χ1) is 14.7. The predicted molar refractivity (Wildman–Crippen MR) is 114 cm³/mol. The van der Waals surface area contributed by atoms with Crippen LogP contribution in [-0.2, 0) is 4.79 Å². The topological polar surface area (TPSA) is 92.8 Å². The molecule has 1 saturated heterocycles. The third kappa shape index (κ3) is 3.55. The number of pyridine rings is 2. The molecule has 1 atom stereocenters. The van der Waals surface area contributed by atoms with E-state index in [1.54, 1.807) is 12.4 Å². The van der Waals surface area contributed by atoms with Crippen LogP contribution in [0, 0.1) is 12.8 Å². The molecule has 1 aromatic carbocycles. The molecule has 0 radical (unpaired) electrons. The smallest absolute Gasteiger partial charge is 0.315 e. The van der Waals surface area contributed by atoms with Gasteiger partial charge < -0.3 is 10.1 Å². The van der Waals surface area contributed by atoms with Gasteiger partial charge in [0, 0.05) is 23.2 Å². The second-order valence-corrected chi connectivity index (χ2v) is 7.51. The van der Waals surface area contributed by atoms with Gasteiger partial charge in [-0.15, -0.1) is 0 Å². The van der Waals surface area contributed by atoms with Crippen molar-refractivity contribution in [1.29, 1.82) is 0 Å². The summed E-state index contributed by atoms with van der Waals surface area (Å²) in [6, 6.07) is 13.8. The molecule has 0 spiro atoms. The van der Waals surface area contributed by atoms with E-state index >= 15 is 0 Å². The summed E-state index contributed by atoms with van der Waals surface area (Å²) in [6.07, 6.45) is 4.20. The number of benzene rings is 1. The summed E-state index contributed by atoms with van der Waals surface area (Å²) >= 11 is 0. The molecular weight excluding hydrogens is 378 g/mol. The number of hydrogen-bond donors (Lipinski definition) is 2. The Labute approximate surface area is 173 Å². The highest BCUT2D eigenvalue weighted by atomic mass is 16.5. The number of rotatable bonds is 4. The van der Waals surface area contributed by atoms with E-state index in [9.17, 15) is 4.79 Å². The van der Waals surface area contributed by atoms with Gasteiger partial charge in [-0.3, -0.25) is 19.9 Å². The maximum absolute atomic E-state index is 12.3. The van der Waals surface area contributed by atoms with Gasteiger partial charge in [-0.1, -0.05) is 12.1 Å². The van der Waals surface area contributed by atoms with Gasteiger partial charge in [0.05, 0.1) is 35.2 Å². The summed E-state index contributed by atoms with van der Waals surface area (Å²) in [6.45, 7) is 3.48. The van der Waals surface area contributed by atoms with Crippen LogP contribution in [-0.4, -0.2) is 39.2 Å². The van der Waals surface area contributed by atoms with Crippen LogP contribution in [0.2, 0.25) is 0 Å². The number of H-pyrrole nitrogens is 1. The molecule has 0 amide bonds. The quantitative estimate of drug-likeness (QED) is 0.510. The fraction of sp³-hybridized carbons (Fsp3) is 0.217. The molecule has 0 bridgehead atoms. The predicted octanol–water partition coefficient (Wildman–Crippen LogP) is 3.51. The number of aromatic amines is 1. The van der Waals surface area contributed by atoms with E-state index in [1.165, 1.54) is 0 Å². The molecule has 3 aromatic heterocycles. The highest BCUT2D eigenvalue weighted by Gasteiger charge is 2.24. The van der Waals surface area contributed by atoms with E-state index in [4.69, 9.17) is 4.74 Å². The Bertz CT molecular complexity index is 1230. The van der Waals surface area contributed by atoms with Crippen molar-refractivity contribution in [2.24, 2.45) is 5.92 Å². The molecule has 5 rings (SSSR count). The fourth-order valence-electron chi connectivity index (χ4n) is 3.77. The fourth-order valence-corrected chi connectivity index (χ4v) is 3.77. The molecule has 1 fully saturated rings. The van der Waals surface area contributed by atoms with Crippen LogP contribution in [0.5, 0.6) is 5.75 Å². The van der Waals surface area contributed by atoms with E-state index in [0.29, 0.717) is 12.3 Å². The zero-order valence-electron chi connectivity index (χ0n) is 16.6. The Hall–Kier alpha value is -3.58. The van der Waals surface area contributed by atoms with E-state index in [1.807, 2.05) is 49.4 Å². The van der Waals surface area contributed by atoms with Gasteiger partial charge in [0.1, 0.15) is 5.75 Å². The molecule has 30 heavy (non-hydrogen) atoms. The summed E-state index contributed by atoms with van der Waals surface area (Å²) < 4.78 is 5.57. The van der Waals surface area contributed by atoms with Gasteiger partial charge in [-0.25, -0.2) is 0 Å². The first-order valence-electron chi connectivity index (χ1n) is 9.97. The van der Waals surface area contributed by atoms with Crippen LogP contribution in [0.15, 0.2) is 54.9 Å². The monoisotopic (exact) mass is 399 g/mol. The Morgan fingerprint density at radius 3 is 2.93 bits per heavy atom. The van der Waals surface area contributed by atoms with Gasteiger partial charge in [0.25, 0.3) is 0 Å². The molecular formula is C23H21N5O2. The van der Waals surface area contributed by atoms with Crippen molar-refractivity contribution in [3.63, 3.8) is 0 Å². The molecule has 1 aliphatic rings. The minimum Gasteiger partial charge on any atom is -0.425 e. The molecule has 2 N–H and O–H groups in total. The van der Waals surface area contributed by atoms with Gasteiger partial charge in [-0.05, 0) is 55.8 Å². The van der Waals surface area contributed by atoms with Crippen molar-refractivity contribution in [3.8, 4) is 28.3 Å². The second-order valence-electron chi connectivity index (χ2n) is 7.51. The number of aryl methyl sites for hydroxylation is 1. The zero-order valence-corrected chi connectivity index (χ0v) is 16.6. The van der Waals surface area contributed by atoms with Crippen LogP contribution in [0.25, 0.3) is 33.4 Å². The molecule has 7 heteroatoms. The van der Waals surface area contributed by atoms with Crippen LogP contribution < -0.4 is 10.1 Å². The number of fused-ring (bicyclic) bond motifs is 1. The molecule has 1 aliphatic heterocycles. The molecule has 4 aromatic rings. The van der Waals surface area contributed by atoms with Crippen molar-refractivity contribution in [2.75, 3.05) is 13.1 Å². The van der Waals surface area contributed by atoms with Gasteiger partial charge in [-0.2, -0.15) is 5.10 Å². The van der Waals surface area contributed by atoms with Crippen molar-refractivity contribution in [1.82, 2.24) is 25.5 Å². The lowest BCUT2D eigenvalue weighted by Crippen LogP contribution is -2.22. The highest BCUT2D eigenvalue weighted by molar-refractivity contribution is 5.89. The third-order valence-corrected chi connectivity index (χ3v) is 5.36. The minimum absolute atomic E-state index is 0.0950. The summed E-state index contributed by atoms with van der Waals surface area (Å²) in [5.41, 5.74) is 5.42. The first-order valence-corrected chi connectivity index (χ1v) is 9.97. The van der Waals surface area contributed by atoms with E-state index in [2.05, 4.69) is 25.5 Å². The van der Waals surface area contributed by atoms with Crippen molar-refractivity contribution < 1.29 is 9.53 Å². The number of carbonyl (C=O) groups is 1. The van der Waals surface area contributed by atoms with Crippen LogP contribution >= 0.6 is 0 Å². The number of nitrogens with one attached hydrogen (secondary N) is 2. The molecule has 0 saturated carbocycles. The Kier molecular flexibility index (Phi) is 4.72. The lowest BCUT2D eigenvalue weighted by molar-refractivity contribution is -0.138.